The molecule has 0 saturated carbocycles. The first-order chi connectivity index (χ1) is 16.2. The van der Waals surface area contributed by atoms with Gasteiger partial charge in [-0.25, -0.2) is 9.97 Å². The molecule has 0 spiro atoms. The first-order valence-electron chi connectivity index (χ1n) is 10.3. The van der Waals surface area contributed by atoms with Gasteiger partial charge >= 0.3 is 6.36 Å². The minimum atomic E-state index is -4.73. The molecular formula is C23H22F3N5O3. The van der Waals surface area contributed by atoms with Crippen LogP contribution in [0.25, 0.3) is 11.1 Å². The van der Waals surface area contributed by atoms with Crippen LogP contribution in [0.15, 0.2) is 54.9 Å². The Labute approximate surface area is 193 Å². The summed E-state index contributed by atoms with van der Waals surface area (Å²) in [5, 5.41) is 8.31. The van der Waals surface area contributed by atoms with E-state index in [1.54, 1.807) is 18.5 Å². The molecule has 3 N–H and O–H groups in total. The Morgan fingerprint density at radius 3 is 2.29 bits per heavy atom. The van der Waals surface area contributed by atoms with Crippen molar-refractivity contribution in [1.29, 1.82) is 0 Å². The molecule has 4 rings (SSSR count). The highest BCUT2D eigenvalue weighted by Gasteiger charge is 2.30. The molecule has 1 aliphatic heterocycles. The monoisotopic (exact) mass is 473 g/mol. The van der Waals surface area contributed by atoms with E-state index in [9.17, 15) is 22.8 Å². The largest absolute Gasteiger partial charge is 0.573 e. The van der Waals surface area contributed by atoms with Crippen LogP contribution in [-0.4, -0.2) is 35.2 Å². The molecule has 0 unspecified atom stereocenters. The van der Waals surface area contributed by atoms with Crippen molar-refractivity contribution in [3.8, 4) is 16.9 Å². The molecule has 178 valence electrons. The molecule has 1 saturated heterocycles. The number of aromatic nitrogens is 2. The highest BCUT2D eigenvalue weighted by Crippen LogP contribution is 2.27. The van der Waals surface area contributed by atoms with Crippen LogP contribution < -0.4 is 20.7 Å². The van der Waals surface area contributed by atoms with E-state index in [0.29, 0.717) is 34.9 Å². The van der Waals surface area contributed by atoms with E-state index in [-0.39, 0.29) is 11.7 Å². The number of hydrogen-bond donors (Lipinski definition) is 3. The van der Waals surface area contributed by atoms with Crippen LogP contribution in [-0.2, 0) is 9.59 Å². The fraction of sp³-hybridized carbons (Fsp3) is 0.217. The number of alkyl halides is 3. The number of rotatable bonds is 6. The van der Waals surface area contributed by atoms with Crippen LogP contribution in [0.2, 0.25) is 0 Å². The smallest absolute Gasteiger partial charge is 0.406 e. The van der Waals surface area contributed by atoms with Gasteiger partial charge in [0.25, 0.3) is 0 Å². The Morgan fingerprint density at radius 1 is 1.06 bits per heavy atom. The summed E-state index contributed by atoms with van der Waals surface area (Å²) in [6.07, 6.45) is 0.734. The van der Waals surface area contributed by atoms with E-state index in [1.807, 2.05) is 19.1 Å². The second kappa shape index (κ2) is 11.1. The van der Waals surface area contributed by atoms with Gasteiger partial charge in [-0.3, -0.25) is 9.59 Å². The van der Waals surface area contributed by atoms with Crippen LogP contribution >= 0.6 is 0 Å². The molecule has 0 atom stereocenters. The third-order valence-electron chi connectivity index (χ3n) is 4.68. The van der Waals surface area contributed by atoms with E-state index in [4.69, 9.17) is 0 Å². The fourth-order valence-electron chi connectivity index (χ4n) is 3.00. The van der Waals surface area contributed by atoms with E-state index >= 15 is 0 Å². The number of ether oxygens (including phenoxy) is 1. The van der Waals surface area contributed by atoms with Crippen molar-refractivity contribution in [3.05, 3.63) is 60.4 Å². The van der Waals surface area contributed by atoms with Gasteiger partial charge in [0.2, 0.25) is 18.3 Å². The number of nitrogens with zero attached hydrogens (tertiary/aromatic N) is 2. The van der Waals surface area contributed by atoms with Crippen LogP contribution in [0.4, 0.5) is 30.5 Å². The first-order valence-corrected chi connectivity index (χ1v) is 10.3. The van der Waals surface area contributed by atoms with Gasteiger partial charge < -0.3 is 20.7 Å². The van der Waals surface area contributed by atoms with Crippen LogP contribution in [0.5, 0.6) is 5.75 Å². The van der Waals surface area contributed by atoms with Crippen molar-refractivity contribution in [2.75, 3.05) is 17.2 Å². The highest BCUT2D eigenvalue weighted by molar-refractivity contribution is 5.77. The zero-order chi connectivity index (χ0) is 24.6. The SMILES string of the molecule is Cc1ccc(Nc2ncc(-c3ccc(OC(F)(F)F)cc3)cn2)cc1NC=O.O=C1CCCN1. The summed E-state index contributed by atoms with van der Waals surface area (Å²) >= 11 is 0. The molecule has 2 heterocycles. The quantitative estimate of drug-likeness (QED) is 0.454. The molecule has 34 heavy (non-hydrogen) atoms. The second-order valence-electron chi connectivity index (χ2n) is 7.24. The van der Waals surface area contributed by atoms with Gasteiger partial charge in [-0.2, -0.15) is 0 Å². The van der Waals surface area contributed by atoms with Gasteiger partial charge in [-0.15, -0.1) is 13.2 Å². The summed E-state index contributed by atoms with van der Waals surface area (Å²) in [5.74, 6) is 0.242. The zero-order valence-corrected chi connectivity index (χ0v) is 18.1. The molecular weight excluding hydrogens is 451 g/mol. The van der Waals surface area contributed by atoms with Gasteiger partial charge in [0.1, 0.15) is 5.75 Å². The average Bonchev–Trinajstić information content (AvgIpc) is 3.28. The van der Waals surface area contributed by atoms with Crippen molar-refractivity contribution in [3.63, 3.8) is 0 Å². The molecule has 0 bridgehead atoms. The van der Waals surface area contributed by atoms with Gasteiger partial charge in [0.05, 0.1) is 0 Å². The molecule has 2 amide bonds. The Morgan fingerprint density at radius 2 is 1.76 bits per heavy atom. The zero-order valence-electron chi connectivity index (χ0n) is 18.1. The lowest BCUT2D eigenvalue weighted by Crippen LogP contribution is -2.16. The molecule has 8 nitrogen and oxygen atoms in total. The summed E-state index contributed by atoms with van der Waals surface area (Å²) in [6.45, 7) is 2.75. The Hall–Kier alpha value is -4.15. The van der Waals surface area contributed by atoms with Gasteiger partial charge in [-0.05, 0) is 48.7 Å². The fourth-order valence-corrected chi connectivity index (χ4v) is 3.00. The Kier molecular flexibility index (Phi) is 8.01. The third-order valence-corrected chi connectivity index (χ3v) is 4.68. The van der Waals surface area contributed by atoms with Crippen LogP contribution in [0, 0.1) is 6.92 Å². The standard InChI is InChI=1S/C19H15F3N4O2.C4H7NO/c1-12-2-5-15(8-17(12)25-11-27)26-18-23-9-14(10-24-18)13-3-6-16(7-4-13)28-19(20,21)22;6-4-2-1-3-5-4/h2-11H,1H3,(H,25,27)(H,23,24,26);1-3H2,(H,5,6). The number of amides is 2. The number of hydrogen-bond acceptors (Lipinski definition) is 6. The van der Waals surface area contributed by atoms with Gasteiger partial charge in [0.15, 0.2) is 0 Å². The molecule has 0 aliphatic carbocycles. The maximum Gasteiger partial charge on any atom is 0.573 e. The number of halogens is 3. The van der Waals surface area contributed by atoms with E-state index < -0.39 is 6.36 Å². The summed E-state index contributed by atoms with van der Waals surface area (Å²) < 4.78 is 40.5. The molecule has 1 aromatic heterocycles. The molecule has 11 heteroatoms. The van der Waals surface area contributed by atoms with E-state index in [1.165, 1.54) is 24.3 Å². The minimum Gasteiger partial charge on any atom is -0.406 e. The predicted octanol–water partition coefficient (Wildman–Crippen LogP) is 4.56. The lowest BCUT2D eigenvalue weighted by Gasteiger charge is -2.10. The van der Waals surface area contributed by atoms with E-state index in [2.05, 4.69) is 30.7 Å². The van der Waals surface area contributed by atoms with Crippen molar-refractivity contribution < 1.29 is 27.5 Å². The second-order valence-corrected chi connectivity index (χ2v) is 7.24. The van der Waals surface area contributed by atoms with Crippen molar-refractivity contribution >= 4 is 29.6 Å². The summed E-state index contributed by atoms with van der Waals surface area (Å²) in [4.78, 5) is 29.2. The summed E-state index contributed by atoms with van der Waals surface area (Å²) in [5.41, 5.74) is 3.55. The lowest BCUT2D eigenvalue weighted by atomic mass is 10.1. The Bertz CT molecular complexity index is 1110. The maximum absolute atomic E-state index is 12.2. The lowest BCUT2D eigenvalue weighted by molar-refractivity contribution is -0.274. The van der Waals surface area contributed by atoms with Gasteiger partial charge in [-0.1, -0.05) is 18.2 Å². The van der Waals surface area contributed by atoms with Crippen molar-refractivity contribution in [2.45, 2.75) is 26.1 Å². The average molecular weight is 473 g/mol. The first kappa shape index (κ1) is 24.5. The van der Waals surface area contributed by atoms with Crippen LogP contribution in [0.3, 0.4) is 0 Å². The number of carbonyl (C=O) groups is 2. The van der Waals surface area contributed by atoms with Crippen LogP contribution in [0.1, 0.15) is 18.4 Å². The molecule has 3 aromatic rings. The molecule has 1 aliphatic rings. The van der Waals surface area contributed by atoms with Crippen molar-refractivity contribution in [1.82, 2.24) is 15.3 Å². The van der Waals surface area contributed by atoms with E-state index in [0.717, 1.165) is 24.9 Å². The highest BCUT2D eigenvalue weighted by atomic mass is 19.4. The molecule has 0 radical (unpaired) electrons. The number of benzene rings is 2. The number of nitrogens with one attached hydrogen (secondary N) is 3. The van der Waals surface area contributed by atoms with Gasteiger partial charge in [0, 0.05) is 42.3 Å². The number of carbonyl (C=O) groups excluding carboxylic acids is 2. The van der Waals surface area contributed by atoms with Crippen molar-refractivity contribution in [2.24, 2.45) is 0 Å². The number of aryl methyl sites for hydroxylation is 1. The predicted molar refractivity (Wildman–Crippen MR) is 121 cm³/mol. The Balaban J connectivity index is 0.000000469. The number of anilines is 3. The summed E-state index contributed by atoms with van der Waals surface area (Å²) in [6, 6.07) is 10.8. The normalized spacial score (nSPS) is 12.8. The topological polar surface area (TPSA) is 105 Å². The molecule has 1 fully saturated rings. The maximum atomic E-state index is 12.2. The molecule has 2 aromatic carbocycles. The third kappa shape index (κ3) is 7.47. The summed E-state index contributed by atoms with van der Waals surface area (Å²) in [7, 11) is 0. The minimum absolute atomic E-state index is 0.204.